The molecule has 84 valence electrons. The second-order valence-electron chi connectivity index (χ2n) is 3.72. The predicted molar refractivity (Wildman–Crippen MR) is 68.9 cm³/mol. The second-order valence-corrected chi connectivity index (χ2v) is 4.67. The first kappa shape index (κ1) is 10.2. The van der Waals surface area contributed by atoms with Crippen molar-refractivity contribution in [2.75, 3.05) is 0 Å². The maximum atomic E-state index is 4.41. The molecule has 0 fully saturated rings. The van der Waals surface area contributed by atoms with Gasteiger partial charge < -0.3 is 4.57 Å². The van der Waals surface area contributed by atoms with Crippen LogP contribution in [0.1, 0.15) is 5.56 Å². The summed E-state index contributed by atoms with van der Waals surface area (Å²) < 4.78 is 2.14. The quantitative estimate of drug-likeness (QED) is 0.705. The van der Waals surface area contributed by atoms with Crippen molar-refractivity contribution in [1.82, 2.24) is 14.5 Å². The molecular formula is C13H11N3S. The van der Waals surface area contributed by atoms with Crippen molar-refractivity contribution in [2.45, 2.75) is 6.54 Å². The van der Waals surface area contributed by atoms with Gasteiger partial charge in [-0.3, -0.25) is 4.98 Å². The van der Waals surface area contributed by atoms with Crippen LogP contribution in [0, 0.1) is 0 Å². The summed E-state index contributed by atoms with van der Waals surface area (Å²) in [5.74, 6) is 1.02. The minimum atomic E-state index is 0.807. The van der Waals surface area contributed by atoms with Gasteiger partial charge in [0.05, 0.1) is 11.4 Å². The molecule has 0 saturated heterocycles. The molecule has 0 aromatic carbocycles. The number of aromatic nitrogens is 3. The third kappa shape index (κ3) is 2.12. The molecule has 0 unspecified atom stereocenters. The summed E-state index contributed by atoms with van der Waals surface area (Å²) in [6.45, 7) is 0.807. The van der Waals surface area contributed by atoms with Crippen LogP contribution < -0.4 is 0 Å². The Hall–Kier alpha value is -1.94. The van der Waals surface area contributed by atoms with E-state index in [0.717, 1.165) is 12.4 Å². The monoisotopic (exact) mass is 241 g/mol. The molecule has 17 heavy (non-hydrogen) atoms. The van der Waals surface area contributed by atoms with Crippen LogP contribution in [0.4, 0.5) is 0 Å². The van der Waals surface area contributed by atoms with Crippen molar-refractivity contribution in [1.29, 1.82) is 0 Å². The van der Waals surface area contributed by atoms with E-state index in [9.17, 15) is 0 Å². The summed E-state index contributed by atoms with van der Waals surface area (Å²) >= 11 is 1.71. The van der Waals surface area contributed by atoms with Crippen molar-refractivity contribution in [2.24, 2.45) is 0 Å². The lowest BCUT2D eigenvalue weighted by Gasteiger charge is -2.05. The lowest BCUT2D eigenvalue weighted by atomic mass is 10.3. The van der Waals surface area contributed by atoms with E-state index >= 15 is 0 Å². The van der Waals surface area contributed by atoms with Crippen LogP contribution in [0.2, 0.25) is 0 Å². The molecule has 0 aliphatic rings. The van der Waals surface area contributed by atoms with Gasteiger partial charge in [0.15, 0.2) is 0 Å². The molecular weight excluding hydrogens is 230 g/mol. The van der Waals surface area contributed by atoms with Crippen molar-refractivity contribution in [3.05, 3.63) is 60.0 Å². The fourth-order valence-corrected chi connectivity index (χ4v) is 2.49. The number of thiophene rings is 1. The average Bonchev–Trinajstić information content (AvgIpc) is 3.00. The first-order valence-electron chi connectivity index (χ1n) is 5.37. The van der Waals surface area contributed by atoms with E-state index in [1.54, 1.807) is 17.5 Å². The Balaban J connectivity index is 1.92. The van der Waals surface area contributed by atoms with Crippen molar-refractivity contribution in [3.8, 4) is 10.7 Å². The Morgan fingerprint density at radius 1 is 1.18 bits per heavy atom. The van der Waals surface area contributed by atoms with Crippen LogP contribution in [0.25, 0.3) is 10.7 Å². The predicted octanol–water partition coefficient (Wildman–Crippen LogP) is 3.05. The molecule has 3 nitrogen and oxygen atoms in total. The van der Waals surface area contributed by atoms with Gasteiger partial charge in [0.25, 0.3) is 0 Å². The first-order valence-corrected chi connectivity index (χ1v) is 6.25. The summed E-state index contributed by atoms with van der Waals surface area (Å²) in [6.07, 6.45) is 7.52. The van der Waals surface area contributed by atoms with Gasteiger partial charge in [-0.1, -0.05) is 12.1 Å². The lowest BCUT2D eigenvalue weighted by Crippen LogP contribution is -2.00. The topological polar surface area (TPSA) is 30.7 Å². The van der Waals surface area contributed by atoms with E-state index in [1.807, 2.05) is 30.7 Å². The minimum Gasteiger partial charge on any atom is -0.326 e. The van der Waals surface area contributed by atoms with Gasteiger partial charge in [-0.2, -0.15) is 0 Å². The standard InChI is InChI=1S/C13H11N3S/c1-3-11(9-14-5-1)10-16-7-6-15-13(16)12-4-2-8-17-12/h1-9H,10H2. The Labute approximate surface area is 103 Å². The highest BCUT2D eigenvalue weighted by Gasteiger charge is 2.06. The molecule has 0 aliphatic carbocycles. The van der Waals surface area contributed by atoms with Gasteiger partial charge in [0.2, 0.25) is 0 Å². The molecule has 0 radical (unpaired) electrons. The minimum absolute atomic E-state index is 0.807. The van der Waals surface area contributed by atoms with Gasteiger partial charge in [-0.15, -0.1) is 11.3 Å². The number of imidazole rings is 1. The molecule has 0 saturated carbocycles. The summed E-state index contributed by atoms with van der Waals surface area (Å²) in [6, 6.07) is 8.16. The third-order valence-corrected chi connectivity index (χ3v) is 3.40. The van der Waals surface area contributed by atoms with Gasteiger partial charge >= 0.3 is 0 Å². The van der Waals surface area contributed by atoms with Gasteiger partial charge in [-0.25, -0.2) is 4.98 Å². The largest absolute Gasteiger partial charge is 0.326 e. The molecule has 0 bridgehead atoms. The second kappa shape index (κ2) is 4.51. The van der Waals surface area contributed by atoms with E-state index in [4.69, 9.17) is 0 Å². The first-order chi connectivity index (χ1) is 8.43. The SMILES string of the molecule is c1cncc(Cn2ccnc2-c2cccs2)c1. The maximum absolute atomic E-state index is 4.41. The Morgan fingerprint density at radius 3 is 2.94 bits per heavy atom. The number of hydrogen-bond acceptors (Lipinski definition) is 3. The van der Waals surface area contributed by atoms with E-state index in [0.29, 0.717) is 0 Å². The van der Waals surface area contributed by atoms with E-state index < -0.39 is 0 Å². The van der Waals surface area contributed by atoms with Crippen LogP contribution in [-0.4, -0.2) is 14.5 Å². The molecule has 3 aromatic rings. The highest BCUT2D eigenvalue weighted by atomic mass is 32.1. The average molecular weight is 241 g/mol. The Kier molecular flexibility index (Phi) is 2.71. The molecule has 4 heteroatoms. The summed E-state index contributed by atoms with van der Waals surface area (Å²) in [5, 5.41) is 2.07. The number of rotatable bonds is 3. The normalized spacial score (nSPS) is 10.6. The summed E-state index contributed by atoms with van der Waals surface area (Å²) in [4.78, 5) is 9.73. The van der Waals surface area contributed by atoms with E-state index in [2.05, 4.69) is 32.0 Å². The van der Waals surface area contributed by atoms with Crippen molar-refractivity contribution >= 4 is 11.3 Å². The smallest absolute Gasteiger partial charge is 0.150 e. The molecule has 3 heterocycles. The van der Waals surface area contributed by atoms with Crippen LogP contribution >= 0.6 is 11.3 Å². The Morgan fingerprint density at radius 2 is 2.18 bits per heavy atom. The van der Waals surface area contributed by atoms with Gasteiger partial charge in [-0.05, 0) is 23.1 Å². The van der Waals surface area contributed by atoms with E-state index in [-0.39, 0.29) is 0 Å². The van der Waals surface area contributed by atoms with Gasteiger partial charge in [0.1, 0.15) is 5.82 Å². The van der Waals surface area contributed by atoms with Crippen molar-refractivity contribution in [3.63, 3.8) is 0 Å². The number of hydrogen-bond donors (Lipinski definition) is 0. The number of nitrogens with zero attached hydrogens (tertiary/aromatic N) is 3. The lowest BCUT2D eigenvalue weighted by molar-refractivity contribution is 0.804. The maximum Gasteiger partial charge on any atom is 0.150 e. The molecule has 0 atom stereocenters. The van der Waals surface area contributed by atoms with Crippen LogP contribution in [0.5, 0.6) is 0 Å². The molecule has 0 N–H and O–H groups in total. The zero-order valence-corrected chi connectivity index (χ0v) is 9.97. The van der Waals surface area contributed by atoms with Crippen molar-refractivity contribution < 1.29 is 0 Å². The van der Waals surface area contributed by atoms with Gasteiger partial charge in [0, 0.05) is 24.8 Å². The number of pyridine rings is 1. The van der Waals surface area contributed by atoms with E-state index in [1.165, 1.54) is 10.4 Å². The fourth-order valence-electron chi connectivity index (χ4n) is 1.76. The zero-order valence-electron chi connectivity index (χ0n) is 9.15. The molecule has 0 aliphatic heterocycles. The third-order valence-electron chi connectivity index (χ3n) is 2.53. The molecule has 3 aromatic heterocycles. The van der Waals surface area contributed by atoms with Crippen LogP contribution in [0.3, 0.4) is 0 Å². The summed E-state index contributed by atoms with van der Waals surface area (Å²) in [7, 11) is 0. The zero-order chi connectivity index (χ0) is 11.5. The molecule has 3 rings (SSSR count). The summed E-state index contributed by atoms with van der Waals surface area (Å²) in [5.41, 5.74) is 1.18. The highest BCUT2D eigenvalue weighted by molar-refractivity contribution is 7.13. The van der Waals surface area contributed by atoms with Crippen LogP contribution in [0.15, 0.2) is 54.4 Å². The highest BCUT2D eigenvalue weighted by Crippen LogP contribution is 2.23. The fraction of sp³-hybridized carbons (Fsp3) is 0.0769. The van der Waals surface area contributed by atoms with Crippen LogP contribution in [-0.2, 0) is 6.54 Å². The molecule has 0 spiro atoms. The molecule has 0 amide bonds. The Bertz CT molecular complexity index is 584.